The second-order valence-corrected chi connectivity index (χ2v) is 5.41. The van der Waals surface area contributed by atoms with Crippen molar-refractivity contribution < 1.29 is 14.2 Å². The fourth-order valence-electron chi connectivity index (χ4n) is 2.65. The Morgan fingerprint density at radius 3 is 3.23 bits per heavy atom. The van der Waals surface area contributed by atoms with Gasteiger partial charge in [0.25, 0.3) is 0 Å². The van der Waals surface area contributed by atoms with Gasteiger partial charge in [-0.1, -0.05) is 5.21 Å². The first-order valence-electron chi connectivity index (χ1n) is 7.40. The Morgan fingerprint density at radius 2 is 2.41 bits per heavy atom. The Bertz CT molecular complexity index is 606. The van der Waals surface area contributed by atoms with Crippen molar-refractivity contribution in [3.63, 3.8) is 0 Å². The van der Waals surface area contributed by atoms with E-state index in [1.165, 1.54) is 12.1 Å². The summed E-state index contributed by atoms with van der Waals surface area (Å²) in [6, 6.07) is 4.54. The van der Waals surface area contributed by atoms with Crippen molar-refractivity contribution in [3.8, 4) is 5.75 Å². The number of halogens is 1. The van der Waals surface area contributed by atoms with Crippen LogP contribution in [-0.4, -0.2) is 39.4 Å². The highest BCUT2D eigenvalue weighted by atomic mass is 19.1. The molecule has 7 heteroatoms. The van der Waals surface area contributed by atoms with Crippen LogP contribution in [0.4, 0.5) is 4.39 Å². The van der Waals surface area contributed by atoms with E-state index >= 15 is 0 Å². The lowest BCUT2D eigenvalue weighted by atomic mass is 10.0. The van der Waals surface area contributed by atoms with Crippen LogP contribution in [-0.2, 0) is 6.54 Å². The van der Waals surface area contributed by atoms with Gasteiger partial charge in [0.05, 0.1) is 25.5 Å². The highest BCUT2D eigenvalue weighted by molar-refractivity contribution is 5.37. The van der Waals surface area contributed by atoms with Gasteiger partial charge in [-0.05, 0) is 31.0 Å². The predicted octanol–water partition coefficient (Wildman–Crippen LogP) is 1.28. The molecule has 1 aromatic carbocycles. The summed E-state index contributed by atoms with van der Waals surface area (Å²) in [7, 11) is 0. The number of aliphatic hydroxyl groups is 1. The van der Waals surface area contributed by atoms with Gasteiger partial charge in [-0.25, -0.2) is 9.07 Å². The lowest BCUT2D eigenvalue weighted by Crippen LogP contribution is -2.33. The summed E-state index contributed by atoms with van der Waals surface area (Å²) in [5.74, 6) is 0.432. The van der Waals surface area contributed by atoms with E-state index in [9.17, 15) is 9.50 Å². The standard InChI is InChI=1S/C15H19FN4O2/c16-11-3-4-15-13(8-11)14(2-1-7-22-15)17-9-12(21)10-20-6-5-18-19-20/h3-6,8,12,14,17,21H,1-2,7,9-10H2. The van der Waals surface area contributed by atoms with Gasteiger partial charge in [-0.3, -0.25) is 0 Å². The average Bonchev–Trinajstić information content (AvgIpc) is 2.92. The molecule has 118 valence electrons. The number of hydrogen-bond acceptors (Lipinski definition) is 5. The van der Waals surface area contributed by atoms with E-state index in [1.807, 2.05) is 0 Å². The molecule has 22 heavy (non-hydrogen) atoms. The molecule has 0 saturated carbocycles. The molecule has 2 heterocycles. The van der Waals surface area contributed by atoms with Crippen molar-refractivity contribution in [3.05, 3.63) is 42.0 Å². The van der Waals surface area contributed by atoms with Crippen molar-refractivity contribution in [2.45, 2.75) is 31.5 Å². The summed E-state index contributed by atoms with van der Waals surface area (Å²) in [6.07, 6.45) is 4.40. The molecule has 0 spiro atoms. The van der Waals surface area contributed by atoms with E-state index in [4.69, 9.17) is 4.74 Å². The molecule has 6 nitrogen and oxygen atoms in total. The molecule has 2 aromatic rings. The van der Waals surface area contributed by atoms with Crippen LogP contribution in [0.1, 0.15) is 24.4 Å². The van der Waals surface area contributed by atoms with E-state index in [1.54, 1.807) is 23.1 Å². The SMILES string of the molecule is OC(CNC1CCCOc2ccc(F)cc21)Cn1ccnn1. The van der Waals surface area contributed by atoms with Crippen molar-refractivity contribution in [2.75, 3.05) is 13.2 Å². The zero-order valence-corrected chi connectivity index (χ0v) is 12.2. The van der Waals surface area contributed by atoms with Crippen LogP contribution in [0.25, 0.3) is 0 Å². The van der Waals surface area contributed by atoms with Gasteiger partial charge in [-0.2, -0.15) is 0 Å². The zero-order chi connectivity index (χ0) is 15.4. The van der Waals surface area contributed by atoms with E-state index in [0.717, 1.165) is 18.4 Å². The summed E-state index contributed by atoms with van der Waals surface area (Å²) in [5.41, 5.74) is 0.811. The Labute approximate surface area is 127 Å². The van der Waals surface area contributed by atoms with Crippen molar-refractivity contribution in [1.29, 1.82) is 0 Å². The van der Waals surface area contributed by atoms with Crippen LogP contribution in [0.2, 0.25) is 0 Å². The fourth-order valence-corrected chi connectivity index (χ4v) is 2.65. The minimum absolute atomic E-state index is 0.0291. The Kier molecular flexibility index (Phi) is 4.65. The third-order valence-electron chi connectivity index (χ3n) is 3.71. The van der Waals surface area contributed by atoms with Gasteiger partial charge in [0.2, 0.25) is 0 Å². The lowest BCUT2D eigenvalue weighted by molar-refractivity contribution is 0.141. The third-order valence-corrected chi connectivity index (χ3v) is 3.71. The normalized spacial score (nSPS) is 19.1. The predicted molar refractivity (Wildman–Crippen MR) is 77.9 cm³/mol. The topological polar surface area (TPSA) is 72.2 Å². The van der Waals surface area contributed by atoms with Crippen LogP contribution >= 0.6 is 0 Å². The summed E-state index contributed by atoms with van der Waals surface area (Å²) in [5, 5.41) is 20.9. The van der Waals surface area contributed by atoms with Gasteiger partial charge in [0, 0.05) is 24.3 Å². The van der Waals surface area contributed by atoms with Crippen molar-refractivity contribution >= 4 is 0 Å². The summed E-state index contributed by atoms with van der Waals surface area (Å²) >= 11 is 0. The maximum Gasteiger partial charge on any atom is 0.124 e. The largest absolute Gasteiger partial charge is 0.493 e. The van der Waals surface area contributed by atoms with Crippen molar-refractivity contribution in [2.24, 2.45) is 0 Å². The number of nitrogens with zero attached hydrogens (tertiary/aromatic N) is 3. The number of benzene rings is 1. The maximum atomic E-state index is 13.5. The fraction of sp³-hybridized carbons (Fsp3) is 0.467. The molecule has 1 aliphatic rings. The Balaban J connectivity index is 1.63. The highest BCUT2D eigenvalue weighted by Gasteiger charge is 2.21. The molecular formula is C15H19FN4O2. The van der Waals surface area contributed by atoms with Gasteiger partial charge < -0.3 is 15.2 Å². The number of rotatable bonds is 5. The molecule has 1 aromatic heterocycles. The van der Waals surface area contributed by atoms with Crippen LogP contribution < -0.4 is 10.1 Å². The quantitative estimate of drug-likeness (QED) is 0.871. The van der Waals surface area contributed by atoms with Gasteiger partial charge >= 0.3 is 0 Å². The summed E-state index contributed by atoms with van der Waals surface area (Å²) in [4.78, 5) is 0. The van der Waals surface area contributed by atoms with Gasteiger partial charge in [0.1, 0.15) is 11.6 Å². The minimum Gasteiger partial charge on any atom is -0.493 e. The molecule has 0 bridgehead atoms. The second kappa shape index (κ2) is 6.85. The number of aromatic nitrogens is 3. The first-order chi connectivity index (χ1) is 10.7. The van der Waals surface area contributed by atoms with Crippen LogP contribution in [0.5, 0.6) is 5.75 Å². The molecule has 0 aliphatic carbocycles. The van der Waals surface area contributed by atoms with Crippen LogP contribution in [0.3, 0.4) is 0 Å². The van der Waals surface area contributed by atoms with Gasteiger partial charge in [0.15, 0.2) is 0 Å². The van der Waals surface area contributed by atoms with Crippen LogP contribution in [0.15, 0.2) is 30.6 Å². The number of ether oxygens (including phenoxy) is 1. The van der Waals surface area contributed by atoms with E-state index in [0.29, 0.717) is 25.4 Å². The first-order valence-corrected chi connectivity index (χ1v) is 7.40. The molecule has 1 aliphatic heterocycles. The van der Waals surface area contributed by atoms with E-state index in [-0.39, 0.29) is 11.9 Å². The number of nitrogens with one attached hydrogen (secondary N) is 1. The highest BCUT2D eigenvalue weighted by Crippen LogP contribution is 2.31. The summed E-state index contributed by atoms with van der Waals surface area (Å²) < 4.78 is 20.7. The molecule has 0 saturated heterocycles. The lowest BCUT2D eigenvalue weighted by Gasteiger charge is -2.20. The maximum absolute atomic E-state index is 13.5. The van der Waals surface area contributed by atoms with Gasteiger partial charge in [-0.15, -0.1) is 5.10 Å². The minimum atomic E-state index is -0.595. The third kappa shape index (κ3) is 3.61. The molecule has 0 amide bonds. The van der Waals surface area contributed by atoms with E-state index < -0.39 is 6.10 Å². The number of aliphatic hydroxyl groups excluding tert-OH is 1. The first kappa shape index (κ1) is 14.9. The summed E-state index contributed by atoms with van der Waals surface area (Å²) in [6.45, 7) is 1.38. The zero-order valence-electron chi connectivity index (χ0n) is 12.2. The second-order valence-electron chi connectivity index (χ2n) is 5.41. The molecule has 0 radical (unpaired) electrons. The Hall–Kier alpha value is -1.99. The molecule has 2 N–H and O–H groups in total. The average molecular weight is 306 g/mol. The molecule has 2 atom stereocenters. The van der Waals surface area contributed by atoms with Crippen LogP contribution in [0, 0.1) is 5.82 Å². The molecular weight excluding hydrogens is 287 g/mol. The number of hydrogen-bond donors (Lipinski definition) is 2. The monoisotopic (exact) mass is 306 g/mol. The Morgan fingerprint density at radius 1 is 1.50 bits per heavy atom. The smallest absolute Gasteiger partial charge is 0.124 e. The molecule has 2 unspecified atom stereocenters. The van der Waals surface area contributed by atoms with Crippen molar-refractivity contribution in [1.82, 2.24) is 20.3 Å². The molecule has 3 rings (SSSR count). The molecule has 0 fully saturated rings. The van der Waals surface area contributed by atoms with E-state index in [2.05, 4.69) is 15.6 Å². The number of fused-ring (bicyclic) bond motifs is 1.